The van der Waals surface area contributed by atoms with Crippen molar-refractivity contribution in [1.29, 1.82) is 0 Å². The van der Waals surface area contributed by atoms with Crippen LogP contribution in [0.4, 0.5) is 0 Å². The molecule has 0 radical (unpaired) electrons. The van der Waals surface area contributed by atoms with Gasteiger partial charge in [0.15, 0.2) is 15.8 Å². The lowest BCUT2D eigenvalue weighted by atomic mass is 9.92. The zero-order chi connectivity index (χ0) is 16.9. The molecule has 1 aromatic rings. The van der Waals surface area contributed by atoms with Crippen LogP contribution in [0.25, 0.3) is 0 Å². The summed E-state index contributed by atoms with van der Waals surface area (Å²) in [5.74, 6) is 2.12. The highest BCUT2D eigenvalue weighted by atomic mass is 32.2. The predicted octanol–water partition coefficient (Wildman–Crippen LogP) is 2.01. The summed E-state index contributed by atoms with van der Waals surface area (Å²) in [5.41, 5.74) is 0. The van der Waals surface area contributed by atoms with E-state index in [0.29, 0.717) is 23.3 Å². The Labute approximate surface area is 139 Å². The van der Waals surface area contributed by atoms with Crippen molar-refractivity contribution in [2.45, 2.75) is 25.2 Å². The van der Waals surface area contributed by atoms with E-state index in [1.54, 1.807) is 31.3 Å². The summed E-state index contributed by atoms with van der Waals surface area (Å²) in [5, 5.41) is 3.20. The number of rotatable bonds is 4. The summed E-state index contributed by atoms with van der Waals surface area (Å²) in [6.45, 7) is 6.79. The van der Waals surface area contributed by atoms with E-state index in [2.05, 4.69) is 29.1 Å². The van der Waals surface area contributed by atoms with Crippen molar-refractivity contribution in [2.75, 3.05) is 32.4 Å². The van der Waals surface area contributed by atoms with Crippen LogP contribution in [0, 0.1) is 11.8 Å². The number of guanidine groups is 1. The zero-order valence-corrected chi connectivity index (χ0v) is 15.0. The highest BCUT2D eigenvalue weighted by Gasteiger charge is 2.24. The van der Waals surface area contributed by atoms with E-state index in [9.17, 15) is 8.42 Å². The minimum Gasteiger partial charge on any atom is -0.355 e. The largest absolute Gasteiger partial charge is 0.355 e. The summed E-state index contributed by atoms with van der Waals surface area (Å²) in [4.78, 5) is 6.91. The standard InChI is InChI=1S/C17H27N3O2S/c1-14-11-15(2)13-20(12-14)17(18-3)19-9-10-23(21,22)16-7-5-4-6-8-16/h4-8,14-15H,9-13H2,1-3H3,(H,18,19). The average Bonchev–Trinajstić information content (AvgIpc) is 2.51. The fourth-order valence-corrected chi connectivity index (χ4v) is 4.39. The minimum absolute atomic E-state index is 0.0645. The molecular formula is C17H27N3O2S. The molecule has 1 aliphatic heterocycles. The Bertz CT molecular complexity index is 618. The Kier molecular flexibility index (Phi) is 6.04. The number of sulfone groups is 1. The van der Waals surface area contributed by atoms with Crippen LogP contribution in [0.1, 0.15) is 20.3 Å². The number of nitrogens with one attached hydrogen (secondary N) is 1. The fraction of sp³-hybridized carbons (Fsp3) is 0.588. The molecule has 0 bridgehead atoms. The smallest absolute Gasteiger partial charge is 0.193 e. The van der Waals surface area contributed by atoms with Gasteiger partial charge in [-0.05, 0) is 30.4 Å². The van der Waals surface area contributed by atoms with Gasteiger partial charge in [-0.25, -0.2) is 8.42 Å². The summed E-state index contributed by atoms with van der Waals surface area (Å²) in [6.07, 6.45) is 1.23. The van der Waals surface area contributed by atoms with Gasteiger partial charge in [-0.3, -0.25) is 4.99 Å². The maximum Gasteiger partial charge on any atom is 0.193 e. The molecule has 1 aromatic carbocycles. The first-order chi connectivity index (χ1) is 10.9. The van der Waals surface area contributed by atoms with Gasteiger partial charge in [-0.2, -0.15) is 0 Å². The van der Waals surface area contributed by atoms with Crippen molar-refractivity contribution < 1.29 is 8.42 Å². The maximum atomic E-state index is 12.3. The molecule has 0 aliphatic carbocycles. The van der Waals surface area contributed by atoms with E-state index < -0.39 is 9.84 Å². The molecule has 0 aromatic heterocycles. The molecule has 6 heteroatoms. The Morgan fingerprint density at radius 3 is 2.39 bits per heavy atom. The van der Waals surface area contributed by atoms with Gasteiger partial charge < -0.3 is 10.2 Å². The first-order valence-electron chi connectivity index (χ1n) is 8.15. The lowest BCUT2D eigenvalue weighted by Gasteiger charge is -2.37. The summed E-state index contributed by atoms with van der Waals surface area (Å²) >= 11 is 0. The Morgan fingerprint density at radius 2 is 1.83 bits per heavy atom. The molecule has 5 nitrogen and oxygen atoms in total. The number of likely N-dealkylation sites (tertiary alicyclic amines) is 1. The van der Waals surface area contributed by atoms with Crippen LogP contribution >= 0.6 is 0 Å². The summed E-state index contributed by atoms with van der Waals surface area (Å²) in [6, 6.07) is 8.58. The molecule has 2 unspecified atom stereocenters. The normalized spacial score (nSPS) is 22.9. The molecule has 1 saturated heterocycles. The van der Waals surface area contributed by atoms with Crippen LogP contribution in [-0.4, -0.2) is 51.7 Å². The third kappa shape index (κ3) is 4.96. The lowest BCUT2D eigenvalue weighted by Crippen LogP contribution is -2.49. The van der Waals surface area contributed by atoms with Crippen LogP contribution in [-0.2, 0) is 9.84 Å². The van der Waals surface area contributed by atoms with Gasteiger partial charge in [-0.1, -0.05) is 32.0 Å². The molecule has 1 fully saturated rings. The fourth-order valence-electron chi connectivity index (χ4n) is 3.21. The summed E-state index contributed by atoms with van der Waals surface area (Å²) < 4.78 is 24.6. The van der Waals surface area contributed by atoms with E-state index in [0.717, 1.165) is 19.0 Å². The van der Waals surface area contributed by atoms with Gasteiger partial charge >= 0.3 is 0 Å². The van der Waals surface area contributed by atoms with Gasteiger partial charge in [0.25, 0.3) is 0 Å². The van der Waals surface area contributed by atoms with Crippen molar-refractivity contribution in [3.8, 4) is 0 Å². The second-order valence-electron chi connectivity index (χ2n) is 6.46. The summed E-state index contributed by atoms with van der Waals surface area (Å²) in [7, 11) is -1.50. The number of nitrogens with zero attached hydrogens (tertiary/aromatic N) is 2. The molecule has 0 saturated carbocycles. The topological polar surface area (TPSA) is 61.8 Å². The number of piperidine rings is 1. The van der Waals surface area contributed by atoms with E-state index in [4.69, 9.17) is 0 Å². The minimum atomic E-state index is -3.25. The molecular weight excluding hydrogens is 310 g/mol. The molecule has 1 heterocycles. The van der Waals surface area contributed by atoms with Crippen molar-refractivity contribution in [3.63, 3.8) is 0 Å². The van der Waals surface area contributed by atoms with Crippen LogP contribution < -0.4 is 5.32 Å². The van der Waals surface area contributed by atoms with Crippen molar-refractivity contribution in [3.05, 3.63) is 30.3 Å². The van der Waals surface area contributed by atoms with E-state index in [1.807, 2.05) is 6.07 Å². The van der Waals surface area contributed by atoms with Crippen LogP contribution in [0.15, 0.2) is 40.2 Å². The van der Waals surface area contributed by atoms with Gasteiger partial charge in [-0.15, -0.1) is 0 Å². The van der Waals surface area contributed by atoms with E-state index in [1.165, 1.54) is 6.42 Å². The Hall–Kier alpha value is -1.56. The lowest BCUT2D eigenvalue weighted by molar-refractivity contribution is 0.209. The van der Waals surface area contributed by atoms with Gasteiger partial charge in [0.1, 0.15) is 0 Å². The molecule has 0 amide bonds. The first-order valence-corrected chi connectivity index (χ1v) is 9.81. The second kappa shape index (κ2) is 7.81. The molecule has 2 atom stereocenters. The molecule has 2 rings (SSSR count). The van der Waals surface area contributed by atoms with Crippen molar-refractivity contribution in [1.82, 2.24) is 10.2 Å². The number of aliphatic imine (C=N–C) groups is 1. The average molecular weight is 337 g/mol. The molecule has 128 valence electrons. The van der Waals surface area contributed by atoms with E-state index >= 15 is 0 Å². The Balaban J connectivity index is 1.91. The van der Waals surface area contributed by atoms with Crippen molar-refractivity contribution >= 4 is 15.8 Å². The van der Waals surface area contributed by atoms with Gasteiger partial charge in [0, 0.05) is 26.7 Å². The quantitative estimate of drug-likeness (QED) is 0.674. The highest BCUT2D eigenvalue weighted by Crippen LogP contribution is 2.20. The monoisotopic (exact) mass is 337 g/mol. The highest BCUT2D eigenvalue weighted by molar-refractivity contribution is 7.91. The number of hydrogen-bond donors (Lipinski definition) is 1. The maximum absolute atomic E-state index is 12.3. The molecule has 1 N–H and O–H groups in total. The van der Waals surface area contributed by atoms with Crippen LogP contribution in [0.5, 0.6) is 0 Å². The van der Waals surface area contributed by atoms with Crippen molar-refractivity contribution in [2.24, 2.45) is 16.8 Å². The number of benzene rings is 1. The molecule has 1 aliphatic rings. The molecule has 0 spiro atoms. The Morgan fingerprint density at radius 1 is 1.22 bits per heavy atom. The van der Waals surface area contributed by atoms with Gasteiger partial charge in [0.2, 0.25) is 0 Å². The zero-order valence-electron chi connectivity index (χ0n) is 14.2. The third-order valence-corrected chi connectivity index (χ3v) is 5.87. The third-order valence-electron chi connectivity index (χ3n) is 4.14. The van der Waals surface area contributed by atoms with Crippen LogP contribution in [0.3, 0.4) is 0 Å². The molecule has 23 heavy (non-hydrogen) atoms. The number of hydrogen-bond acceptors (Lipinski definition) is 3. The second-order valence-corrected chi connectivity index (χ2v) is 8.57. The predicted molar refractivity (Wildman–Crippen MR) is 94.4 cm³/mol. The SMILES string of the molecule is CN=C(NCCS(=O)(=O)c1ccccc1)N1CC(C)CC(C)C1. The first kappa shape index (κ1) is 17.8. The van der Waals surface area contributed by atoms with Crippen LogP contribution in [0.2, 0.25) is 0 Å². The van der Waals surface area contributed by atoms with Gasteiger partial charge in [0.05, 0.1) is 10.6 Å². The van der Waals surface area contributed by atoms with E-state index in [-0.39, 0.29) is 5.75 Å².